The van der Waals surface area contributed by atoms with E-state index >= 15 is 0 Å². The van der Waals surface area contributed by atoms with Gasteiger partial charge in [-0.05, 0) is 13.3 Å². The van der Waals surface area contributed by atoms with Crippen molar-refractivity contribution in [3.05, 3.63) is 12.2 Å². The Bertz CT molecular complexity index is 117. The summed E-state index contributed by atoms with van der Waals surface area (Å²) in [6.07, 6.45) is -4.26. The van der Waals surface area contributed by atoms with Crippen LogP contribution >= 0.6 is 0 Å². The van der Waals surface area contributed by atoms with Crippen molar-refractivity contribution in [2.45, 2.75) is 19.7 Å². The standard InChI is InChI=1S/C6H9F3O/c1-5(2)3-4-10-6(7,8)9/h1,3-4H2,2H3. The molecule has 0 atom stereocenters. The van der Waals surface area contributed by atoms with Gasteiger partial charge in [0, 0.05) is 0 Å². The molecule has 0 saturated carbocycles. The highest BCUT2D eigenvalue weighted by Crippen LogP contribution is 2.16. The molecular formula is C6H9F3O. The van der Waals surface area contributed by atoms with Gasteiger partial charge < -0.3 is 0 Å². The molecule has 0 spiro atoms. The van der Waals surface area contributed by atoms with E-state index in [0.717, 1.165) is 0 Å². The molecule has 0 rings (SSSR count). The van der Waals surface area contributed by atoms with Crippen molar-refractivity contribution in [3.63, 3.8) is 0 Å². The van der Waals surface area contributed by atoms with Gasteiger partial charge in [0.15, 0.2) is 0 Å². The lowest BCUT2D eigenvalue weighted by Crippen LogP contribution is -2.14. The van der Waals surface area contributed by atoms with Crippen LogP contribution in [0.3, 0.4) is 0 Å². The molecule has 0 radical (unpaired) electrons. The summed E-state index contributed by atoms with van der Waals surface area (Å²) in [6, 6.07) is 0. The summed E-state index contributed by atoms with van der Waals surface area (Å²) in [5, 5.41) is 0. The average molecular weight is 154 g/mol. The molecular weight excluding hydrogens is 145 g/mol. The lowest BCUT2D eigenvalue weighted by molar-refractivity contribution is -0.324. The van der Waals surface area contributed by atoms with Crippen LogP contribution in [0.5, 0.6) is 0 Å². The Hall–Kier alpha value is -0.510. The number of halogens is 3. The van der Waals surface area contributed by atoms with E-state index in [1.807, 2.05) is 0 Å². The highest BCUT2D eigenvalue weighted by atomic mass is 19.4. The second-order valence-electron chi connectivity index (χ2n) is 2.00. The molecule has 0 aliphatic heterocycles. The van der Waals surface area contributed by atoms with Gasteiger partial charge in [-0.3, -0.25) is 4.74 Å². The normalized spacial score (nSPS) is 11.6. The Labute approximate surface area is 57.5 Å². The molecule has 0 heterocycles. The fourth-order valence-electron chi connectivity index (χ4n) is 0.341. The second kappa shape index (κ2) is 3.61. The molecule has 0 aromatic heterocycles. The summed E-state index contributed by atoms with van der Waals surface area (Å²) in [5.74, 6) is 0. The van der Waals surface area contributed by atoms with Crippen LogP contribution < -0.4 is 0 Å². The Morgan fingerprint density at radius 2 is 2.00 bits per heavy atom. The SMILES string of the molecule is C=C(C)CCOC(F)(F)F. The zero-order valence-corrected chi connectivity index (χ0v) is 5.66. The highest BCUT2D eigenvalue weighted by Gasteiger charge is 2.28. The third-order valence-electron chi connectivity index (χ3n) is 0.795. The van der Waals surface area contributed by atoms with E-state index in [1.165, 1.54) is 0 Å². The molecule has 1 nitrogen and oxygen atoms in total. The molecule has 10 heavy (non-hydrogen) atoms. The summed E-state index contributed by atoms with van der Waals surface area (Å²) in [4.78, 5) is 0. The molecule has 0 bridgehead atoms. The fraction of sp³-hybridized carbons (Fsp3) is 0.667. The van der Waals surface area contributed by atoms with Crippen LogP contribution in [0.25, 0.3) is 0 Å². The first-order valence-corrected chi connectivity index (χ1v) is 2.77. The van der Waals surface area contributed by atoms with Crippen LogP contribution in [0.15, 0.2) is 12.2 Å². The predicted molar refractivity (Wildman–Crippen MR) is 31.4 cm³/mol. The van der Waals surface area contributed by atoms with Crippen LogP contribution in [0.2, 0.25) is 0 Å². The third kappa shape index (κ3) is 7.49. The van der Waals surface area contributed by atoms with E-state index in [9.17, 15) is 13.2 Å². The maximum absolute atomic E-state index is 11.3. The van der Waals surface area contributed by atoms with Gasteiger partial charge >= 0.3 is 6.36 Å². The molecule has 0 N–H and O–H groups in total. The van der Waals surface area contributed by atoms with E-state index in [-0.39, 0.29) is 13.0 Å². The molecule has 0 aliphatic rings. The van der Waals surface area contributed by atoms with E-state index in [4.69, 9.17) is 0 Å². The molecule has 0 aromatic rings. The van der Waals surface area contributed by atoms with Gasteiger partial charge in [-0.1, -0.05) is 5.57 Å². The van der Waals surface area contributed by atoms with Crippen molar-refractivity contribution < 1.29 is 17.9 Å². The minimum absolute atomic E-state index is 0.250. The first kappa shape index (κ1) is 9.49. The topological polar surface area (TPSA) is 9.23 Å². The lowest BCUT2D eigenvalue weighted by atomic mass is 10.3. The molecule has 0 saturated heterocycles. The smallest absolute Gasteiger partial charge is 0.292 e. The van der Waals surface area contributed by atoms with Gasteiger partial charge in [-0.2, -0.15) is 0 Å². The monoisotopic (exact) mass is 154 g/mol. The molecule has 0 aromatic carbocycles. The fourth-order valence-corrected chi connectivity index (χ4v) is 0.341. The zero-order chi connectivity index (χ0) is 8.20. The minimum Gasteiger partial charge on any atom is -0.292 e. The van der Waals surface area contributed by atoms with Gasteiger partial charge in [0.2, 0.25) is 0 Å². The maximum Gasteiger partial charge on any atom is 0.522 e. The van der Waals surface area contributed by atoms with Gasteiger partial charge in [0.05, 0.1) is 6.61 Å². The first-order valence-electron chi connectivity index (χ1n) is 2.77. The van der Waals surface area contributed by atoms with Crippen LogP contribution in [0, 0.1) is 0 Å². The van der Waals surface area contributed by atoms with Crippen molar-refractivity contribution in [2.75, 3.05) is 6.61 Å². The van der Waals surface area contributed by atoms with Crippen LogP contribution in [-0.4, -0.2) is 13.0 Å². The second-order valence-corrected chi connectivity index (χ2v) is 2.00. The largest absolute Gasteiger partial charge is 0.522 e. The van der Waals surface area contributed by atoms with Crippen molar-refractivity contribution in [1.29, 1.82) is 0 Å². The molecule has 0 aliphatic carbocycles. The van der Waals surface area contributed by atoms with E-state index in [1.54, 1.807) is 6.92 Å². The summed E-state index contributed by atoms with van der Waals surface area (Å²) in [6.45, 7) is 4.75. The number of hydrogen-bond donors (Lipinski definition) is 0. The van der Waals surface area contributed by atoms with Crippen LogP contribution in [0.4, 0.5) is 13.2 Å². The van der Waals surface area contributed by atoms with Gasteiger partial charge in [0.25, 0.3) is 0 Å². The number of alkyl halides is 3. The zero-order valence-electron chi connectivity index (χ0n) is 5.66. The Kier molecular flexibility index (Phi) is 3.42. The molecule has 4 heteroatoms. The average Bonchev–Trinajstić information content (AvgIpc) is 1.59. The van der Waals surface area contributed by atoms with Crippen LogP contribution in [0.1, 0.15) is 13.3 Å². The number of hydrogen-bond acceptors (Lipinski definition) is 1. The maximum atomic E-state index is 11.3. The lowest BCUT2D eigenvalue weighted by Gasteiger charge is -2.05. The van der Waals surface area contributed by atoms with Gasteiger partial charge in [0.1, 0.15) is 0 Å². The predicted octanol–water partition coefficient (Wildman–Crippen LogP) is 2.49. The third-order valence-corrected chi connectivity index (χ3v) is 0.795. The van der Waals surface area contributed by atoms with Crippen molar-refractivity contribution in [2.24, 2.45) is 0 Å². The van der Waals surface area contributed by atoms with E-state index < -0.39 is 6.36 Å². The molecule has 60 valence electrons. The highest BCUT2D eigenvalue weighted by molar-refractivity contribution is 4.87. The Balaban J connectivity index is 3.29. The molecule has 0 amide bonds. The summed E-state index contributed by atoms with van der Waals surface area (Å²) < 4.78 is 37.2. The molecule has 0 fully saturated rings. The van der Waals surface area contributed by atoms with E-state index in [2.05, 4.69) is 11.3 Å². The summed E-state index contributed by atoms with van der Waals surface area (Å²) in [7, 11) is 0. The number of rotatable bonds is 3. The number of ether oxygens (including phenoxy) is 1. The Morgan fingerprint density at radius 3 is 2.30 bits per heavy atom. The van der Waals surface area contributed by atoms with Crippen molar-refractivity contribution in [3.8, 4) is 0 Å². The summed E-state index contributed by atoms with van der Waals surface area (Å²) in [5.41, 5.74) is 0.684. The van der Waals surface area contributed by atoms with Crippen molar-refractivity contribution >= 4 is 0 Å². The quantitative estimate of drug-likeness (QED) is 0.567. The summed E-state index contributed by atoms with van der Waals surface area (Å²) >= 11 is 0. The van der Waals surface area contributed by atoms with E-state index in [0.29, 0.717) is 5.57 Å². The van der Waals surface area contributed by atoms with Crippen LogP contribution in [-0.2, 0) is 4.74 Å². The Morgan fingerprint density at radius 1 is 1.50 bits per heavy atom. The molecule has 0 unspecified atom stereocenters. The van der Waals surface area contributed by atoms with Gasteiger partial charge in [-0.25, -0.2) is 0 Å². The van der Waals surface area contributed by atoms with Crippen molar-refractivity contribution in [1.82, 2.24) is 0 Å². The first-order chi connectivity index (χ1) is 4.42. The van der Waals surface area contributed by atoms with Gasteiger partial charge in [-0.15, -0.1) is 19.8 Å². The minimum atomic E-state index is -4.50.